The number of hydrogen-bond donors (Lipinski definition) is 0. The highest BCUT2D eigenvalue weighted by Gasteiger charge is 2.44. The Hall–Kier alpha value is -3.28. The molecule has 2 aliphatic rings. The summed E-state index contributed by atoms with van der Waals surface area (Å²) in [6.45, 7) is 3.18. The number of nitrogens with zero attached hydrogens (tertiary/aromatic N) is 2. The van der Waals surface area contributed by atoms with Gasteiger partial charge < -0.3 is 14.4 Å². The van der Waals surface area contributed by atoms with E-state index in [0.717, 1.165) is 37.7 Å². The van der Waals surface area contributed by atoms with Crippen LogP contribution in [0.1, 0.15) is 50.2 Å². The molecule has 2 aromatic carbocycles. The van der Waals surface area contributed by atoms with Crippen molar-refractivity contribution in [2.75, 3.05) is 20.8 Å². The number of rotatable bonds is 8. The smallest absolute Gasteiger partial charge is 0.278 e. The Morgan fingerprint density at radius 1 is 0.909 bits per heavy atom. The van der Waals surface area contributed by atoms with Crippen LogP contribution in [0.2, 0.25) is 0 Å². The summed E-state index contributed by atoms with van der Waals surface area (Å²) in [6, 6.07) is 15.4. The van der Waals surface area contributed by atoms with Crippen LogP contribution in [0.5, 0.6) is 11.5 Å². The molecule has 0 unspecified atom stereocenters. The molecule has 33 heavy (non-hydrogen) atoms. The molecule has 1 heterocycles. The second kappa shape index (κ2) is 10.1. The van der Waals surface area contributed by atoms with Crippen molar-refractivity contribution < 1.29 is 19.1 Å². The highest BCUT2D eigenvalue weighted by atomic mass is 16.5. The van der Waals surface area contributed by atoms with Gasteiger partial charge in [0.15, 0.2) is 11.5 Å². The third-order valence-electron chi connectivity index (χ3n) is 6.62. The van der Waals surface area contributed by atoms with Gasteiger partial charge in [0.05, 0.1) is 19.8 Å². The number of hydrogen-bond acceptors (Lipinski definition) is 5. The van der Waals surface area contributed by atoms with E-state index in [2.05, 4.69) is 0 Å². The molecule has 0 spiro atoms. The van der Waals surface area contributed by atoms with E-state index in [1.165, 1.54) is 4.90 Å². The molecule has 1 fully saturated rings. The molecule has 0 bridgehead atoms. The first-order valence-corrected chi connectivity index (χ1v) is 11.7. The molecule has 1 saturated carbocycles. The average Bonchev–Trinajstić information content (AvgIpc) is 3.12. The van der Waals surface area contributed by atoms with Gasteiger partial charge in [-0.25, -0.2) is 0 Å². The van der Waals surface area contributed by atoms with Gasteiger partial charge in [0, 0.05) is 19.1 Å². The second-order valence-corrected chi connectivity index (χ2v) is 8.57. The Labute approximate surface area is 195 Å². The monoisotopic (exact) mass is 448 g/mol. The SMILES string of the molecule is CCN(Cc1ccccc1)C1=C(c2ccc(OC)c(OC)c2)C(=O)N(C2CCCCC2)C1=O. The fraction of sp³-hybridized carbons (Fsp3) is 0.407. The minimum absolute atomic E-state index is 0.0400. The van der Waals surface area contributed by atoms with Gasteiger partial charge in [-0.05, 0) is 43.0 Å². The first-order valence-electron chi connectivity index (χ1n) is 11.7. The van der Waals surface area contributed by atoms with Crippen LogP contribution < -0.4 is 9.47 Å². The number of carbonyl (C=O) groups is 2. The van der Waals surface area contributed by atoms with Crippen molar-refractivity contribution >= 4 is 17.4 Å². The van der Waals surface area contributed by atoms with E-state index in [1.807, 2.05) is 48.2 Å². The fourth-order valence-corrected chi connectivity index (χ4v) is 4.90. The highest BCUT2D eigenvalue weighted by Crippen LogP contribution is 2.39. The van der Waals surface area contributed by atoms with Gasteiger partial charge in [0.1, 0.15) is 5.70 Å². The third-order valence-corrected chi connectivity index (χ3v) is 6.62. The van der Waals surface area contributed by atoms with Crippen LogP contribution in [-0.2, 0) is 16.1 Å². The van der Waals surface area contributed by atoms with Gasteiger partial charge in [0.2, 0.25) is 0 Å². The van der Waals surface area contributed by atoms with E-state index < -0.39 is 0 Å². The van der Waals surface area contributed by atoms with Crippen molar-refractivity contribution in [3.8, 4) is 11.5 Å². The normalized spacial score (nSPS) is 17.0. The molecule has 2 amide bonds. The zero-order chi connectivity index (χ0) is 23.4. The van der Waals surface area contributed by atoms with Crippen molar-refractivity contribution in [3.63, 3.8) is 0 Å². The van der Waals surface area contributed by atoms with Gasteiger partial charge in [-0.15, -0.1) is 0 Å². The second-order valence-electron chi connectivity index (χ2n) is 8.57. The minimum atomic E-state index is -0.208. The lowest BCUT2D eigenvalue weighted by Gasteiger charge is -2.31. The van der Waals surface area contributed by atoms with Gasteiger partial charge in [-0.3, -0.25) is 14.5 Å². The van der Waals surface area contributed by atoms with E-state index in [1.54, 1.807) is 26.4 Å². The summed E-state index contributed by atoms with van der Waals surface area (Å²) in [5.41, 5.74) is 2.69. The Kier molecular flexibility index (Phi) is 7.02. The third kappa shape index (κ3) is 4.47. The maximum absolute atomic E-state index is 13.8. The molecule has 6 nitrogen and oxygen atoms in total. The molecule has 0 radical (unpaired) electrons. The Morgan fingerprint density at radius 3 is 2.24 bits per heavy atom. The number of likely N-dealkylation sites (N-methyl/N-ethyl adjacent to an activating group) is 1. The molecular weight excluding hydrogens is 416 g/mol. The standard InChI is InChI=1S/C27H32N2O4/c1-4-28(18-19-11-7-5-8-12-19)25-24(20-15-16-22(32-2)23(17-20)33-3)26(30)29(27(25)31)21-13-9-6-10-14-21/h5,7-8,11-12,15-17,21H,4,6,9-10,13-14,18H2,1-3H3. The topological polar surface area (TPSA) is 59.1 Å². The van der Waals surface area contributed by atoms with Crippen molar-refractivity contribution in [3.05, 3.63) is 65.4 Å². The molecule has 0 saturated heterocycles. The minimum Gasteiger partial charge on any atom is -0.493 e. The lowest BCUT2D eigenvalue weighted by atomic mass is 9.94. The fourth-order valence-electron chi connectivity index (χ4n) is 4.90. The van der Waals surface area contributed by atoms with Crippen LogP contribution in [0.15, 0.2) is 54.2 Å². The zero-order valence-electron chi connectivity index (χ0n) is 19.7. The summed E-state index contributed by atoms with van der Waals surface area (Å²) in [6.07, 6.45) is 4.99. The van der Waals surface area contributed by atoms with Crippen LogP contribution in [0.4, 0.5) is 0 Å². The maximum Gasteiger partial charge on any atom is 0.278 e. The quantitative estimate of drug-likeness (QED) is 0.551. The number of methoxy groups -OCH3 is 2. The largest absolute Gasteiger partial charge is 0.493 e. The summed E-state index contributed by atoms with van der Waals surface area (Å²) in [5, 5.41) is 0. The molecule has 4 rings (SSSR count). The van der Waals surface area contributed by atoms with E-state index in [9.17, 15) is 9.59 Å². The summed E-state index contributed by atoms with van der Waals surface area (Å²) in [7, 11) is 3.15. The zero-order valence-corrected chi connectivity index (χ0v) is 19.7. The Bertz CT molecular complexity index is 1040. The number of benzene rings is 2. The molecular formula is C27H32N2O4. The molecule has 2 aromatic rings. The first kappa shape index (κ1) is 22.9. The maximum atomic E-state index is 13.8. The van der Waals surface area contributed by atoms with E-state index in [-0.39, 0.29) is 17.9 Å². The summed E-state index contributed by atoms with van der Waals surface area (Å²) in [5.74, 6) is 0.723. The van der Waals surface area contributed by atoms with Gasteiger partial charge in [-0.2, -0.15) is 0 Å². The van der Waals surface area contributed by atoms with Crippen LogP contribution in [0.3, 0.4) is 0 Å². The summed E-state index contributed by atoms with van der Waals surface area (Å²) in [4.78, 5) is 31.2. The van der Waals surface area contributed by atoms with Gasteiger partial charge in [0.25, 0.3) is 11.8 Å². The summed E-state index contributed by atoms with van der Waals surface area (Å²) >= 11 is 0. The van der Waals surface area contributed by atoms with Crippen LogP contribution >= 0.6 is 0 Å². The Balaban J connectivity index is 1.81. The van der Waals surface area contributed by atoms with Crippen molar-refractivity contribution in [2.24, 2.45) is 0 Å². The molecule has 6 heteroatoms. The molecule has 0 aromatic heterocycles. The van der Waals surface area contributed by atoms with Crippen LogP contribution in [0, 0.1) is 0 Å². The van der Waals surface area contributed by atoms with E-state index in [0.29, 0.717) is 41.4 Å². The van der Waals surface area contributed by atoms with Gasteiger partial charge >= 0.3 is 0 Å². The molecule has 1 aliphatic carbocycles. The Morgan fingerprint density at radius 2 is 1.61 bits per heavy atom. The molecule has 1 aliphatic heterocycles. The average molecular weight is 449 g/mol. The van der Waals surface area contributed by atoms with E-state index >= 15 is 0 Å². The predicted octanol–water partition coefficient (Wildman–Crippen LogP) is 4.64. The van der Waals surface area contributed by atoms with Gasteiger partial charge in [-0.1, -0.05) is 55.7 Å². The van der Waals surface area contributed by atoms with Crippen LogP contribution in [0.25, 0.3) is 5.57 Å². The van der Waals surface area contributed by atoms with E-state index in [4.69, 9.17) is 9.47 Å². The first-order chi connectivity index (χ1) is 16.1. The lowest BCUT2D eigenvalue weighted by Crippen LogP contribution is -2.43. The van der Waals surface area contributed by atoms with Crippen molar-refractivity contribution in [1.82, 2.24) is 9.80 Å². The predicted molar refractivity (Wildman–Crippen MR) is 128 cm³/mol. The van der Waals surface area contributed by atoms with Crippen LogP contribution in [-0.4, -0.2) is 48.4 Å². The molecule has 0 N–H and O–H groups in total. The van der Waals surface area contributed by atoms with Crippen molar-refractivity contribution in [1.29, 1.82) is 0 Å². The number of amides is 2. The number of carbonyl (C=O) groups excluding carboxylic acids is 2. The van der Waals surface area contributed by atoms with Crippen molar-refractivity contribution in [2.45, 2.75) is 51.6 Å². The number of imide groups is 1. The highest BCUT2D eigenvalue weighted by molar-refractivity contribution is 6.35. The number of ether oxygens (including phenoxy) is 2. The lowest BCUT2D eigenvalue weighted by molar-refractivity contribution is -0.141. The summed E-state index contributed by atoms with van der Waals surface area (Å²) < 4.78 is 10.9. The molecule has 174 valence electrons. The molecule has 0 atom stereocenters.